The maximum absolute atomic E-state index is 11.8. The Balaban J connectivity index is 1.81. The topological polar surface area (TPSA) is 88.3 Å². The number of nitrogens with one attached hydrogen (secondary N) is 3. The van der Waals surface area contributed by atoms with Crippen molar-refractivity contribution in [2.24, 2.45) is 0 Å². The first-order valence-corrected chi connectivity index (χ1v) is 8.16. The van der Waals surface area contributed by atoms with Gasteiger partial charge in [-0.05, 0) is 46.5 Å². The number of amides is 1. The van der Waals surface area contributed by atoms with Crippen LogP contribution in [0.4, 0.5) is 10.6 Å². The number of aromatic nitrogens is 2. The molecule has 0 unspecified atom stereocenters. The van der Waals surface area contributed by atoms with Gasteiger partial charge in [0, 0.05) is 25.3 Å². The van der Waals surface area contributed by atoms with E-state index in [1.54, 1.807) is 13.3 Å². The Morgan fingerprint density at radius 1 is 1.35 bits per heavy atom. The molecule has 130 valence electrons. The van der Waals surface area contributed by atoms with Crippen LogP contribution in [0.1, 0.15) is 52.0 Å². The van der Waals surface area contributed by atoms with Crippen molar-refractivity contribution in [1.82, 2.24) is 15.5 Å². The van der Waals surface area contributed by atoms with E-state index in [0.717, 1.165) is 31.2 Å². The highest BCUT2D eigenvalue weighted by Crippen LogP contribution is 2.21. The van der Waals surface area contributed by atoms with E-state index in [4.69, 9.17) is 9.47 Å². The summed E-state index contributed by atoms with van der Waals surface area (Å²) in [5, 5.41) is 13.0. The molecule has 1 aliphatic rings. The standard InChI is InChI=1S/C16H28N4O3/c1-16(2,3)23-15(21)19-14-11(10-18-20-14)9-17-12-5-7-13(22-4)8-6-12/h10,12-13,17H,5-9H2,1-4H3,(H2,18,19,20,21). The van der Waals surface area contributed by atoms with Crippen LogP contribution >= 0.6 is 0 Å². The van der Waals surface area contributed by atoms with Crippen molar-refractivity contribution in [1.29, 1.82) is 0 Å². The predicted octanol–water partition coefficient (Wildman–Crippen LogP) is 2.80. The van der Waals surface area contributed by atoms with Crippen molar-refractivity contribution in [3.05, 3.63) is 11.8 Å². The van der Waals surface area contributed by atoms with Crippen LogP contribution in [0.5, 0.6) is 0 Å². The van der Waals surface area contributed by atoms with E-state index in [2.05, 4.69) is 20.8 Å². The molecule has 1 aromatic rings. The molecule has 1 aliphatic carbocycles. The predicted molar refractivity (Wildman–Crippen MR) is 88.3 cm³/mol. The monoisotopic (exact) mass is 324 g/mol. The van der Waals surface area contributed by atoms with Gasteiger partial charge in [-0.25, -0.2) is 4.79 Å². The molecule has 0 saturated heterocycles. The molecule has 1 fully saturated rings. The highest BCUT2D eigenvalue weighted by molar-refractivity contribution is 5.84. The van der Waals surface area contributed by atoms with Gasteiger partial charge in [-0.1, -0.05) is 0 Å². The lowest BCUT2D eigenvalue weighted by Crippen LogP contribution is -2.35. The minimum Gasteiger partial charge on any atom is -0.444 e. The van der Waals surface area contributed by atoms with Crippen LogP contribution < -0.4 is 10.6 Å². The molecule has 0 aliphatic heterocycles. The molecule has 0 atom stereocenters. The minimum atomic E-state index is -0.525. The molecule has 7 nitrogen and oxygen atoms in total. The van der Waals surface area contributed by atoms with Gasteiger partial charge in [0.2, 0.25) is 0 Å². The molecular weight excluding hydrogens is 296 g/mol. The van der Waals surface area contributed by atoms with E-state index in [0.29, 0.717) is 24.5 Å². The van der Waals surface area contributed by atoms with Gasteiger partial charge in [0.05, 0.1) is 12.3 Å². The zero-order valence-corrected chi connectivity index (χ0v) is 14.4. The average molecular weight is 324 g/mol. The quantitative estimate of drug-likeness (QED) is 0.775. The number of methoxy groups -OCH3 is 1. The van der Waals surface area contributed by atoms with E-state index in [1.807, 2.05) is 20.8 Å². The van der Waals surface area contributed by atoms with E-state index < -0.39 is 11.7 Å². The number of hydrogen-bond donors (Lipinski definition) is 3. The third-order valence-electron chi connectivity index (χ3n) is 3.93. The first-order valence-electron chi connectivity index (χ1n) is 8.16. The van der Waals surface area contributed by atoms with Gasteiger partial charge in [0.1, 0.15) is 11.4 Å². The summed E-state index contributed by atoms with van der Waals surface area (Å²) in [6.45, 7) is 6.15. The molecule has 1 amide bonds. The Morgan fingerprint density at radius 3 is 2.65 bits per heavy atom. The maximum atomic E-state index is 11.8. The second-order valence-corrected chi connectivity index (χ2v) is 6.99. The zero-order valence-electron chi connectivity index (χ0n) is 14.4. The Morgan fingerprint density at radius 2 is 2.04 bits per heavy atom. The number of hydrogen-bond acceptors (Lipinski definition) is 5. The molecule has 0 aromatic carbocycles. The van der Waals surface area contributed by atoms with Crippen molar-refractivity contribution in [3.8, 4) is 0 Å². The fourth-order valence-electron chi connectivity index (χ4n) is 2.72. The Hall–Kier alpha value is -1.60. The number of aromatic amines is 1. The first kappa shape index (κ1) is 17.7. The van der Waals surface area contributed by atoms with Gasteiger partial charge in [-0.2, -0.15) is 5.10 Å². The van der Waals surface area contributed by atoms with Gasteiger partial charge in [0.15, 0.2) is 0 Å². The smallest absolute Gasteiger partial charge is 0.413 e. The molecular formula is C16H28N4O3. The molecule has 7 heteroatoms. The van der Waals surface area contributed by atoms with Crippen LogP contribution in [-0.4, -0.2) is 41.1 Å². The number of H-pyrrole nitrogens is 1. The lowest BCUT2D eigenvalue weighted by atomic mass is 9.93. The van der Waals surface area contributed by atoms with E-state index in [1.165, 1.54) is 0 Å². The normalized spacial score (nSPS) is 21.9. The highest BCUT2D eigenvalue weighted by Gasteiger charge is 2.21. The molecule has 0 bridgehead atoms. The summed E-state index contributed by atoms with van der Waals surface area (Å²) < 4.78 is 10.6. The van der Waals surface area contributed by atoms with Gasteiger partial charge in [-0.15, -0.1) is 0 Å². The summed E-state index contributed by atoms with van der Waals surface area (Å²) in [7, 11) is 1.78. The second-order valence-electron chi connectivity index (χ2n) is 6.99. The van der Waals surface area contributed by atoms with E-state index in [-0.39, 0.29) is 0 Å². The Labute approximate surface area is 137 Å². The molecule has 1 aromatic heterocycles. The molecule has 2 rings (SSSR count). The van der Waals surface area contributed by atoms with Crippen LogP contribution in [0.3, 0.4) is 0 Å². The van der Waals surface area contributed by atoms with E-state index in [9.17, 15) is 4.79 Å². The second kappa shape index (κ2) is 7.79. The Bertz CT molecular complexity index is 502. The number of nitrogens with zero attached hydrogens (tertiary/aromatic N) is 1. The van der Waals surface area contributed by atoms with Gasteiger partial charge < -0.3 is 14.8 Å². The first-order chi connectivity index (χ1) is 10.9. The van der Waals surface area contributed by atoms with Crippen molar-refractivity contribution >= 4 is 11.9 Å². The summed E-state index contributed by atoms with van der Waals surface area (Å²) in [6.07, 6.45) is 6.01. The zero-order chi connectivity index (χ0) is 16.9. The van der Waals surface area contributed by atoms with Crippen LogP contribution in [0.15, 0.2) is 6.20 Å². The number of ether oxygens (including phenoxy) is 2. The molecule has 3 N–H and O–H groups in total. The van der Waals surface area contributed by atoms with Crippen molar-refractivity contribution in [3.63, 3.8) is 0 Å². The molecule has 0 radical (unpaired) electrons. The van der Waals surface area contributed by atoms with Crippen molar-refractivity contribution in [2.45, 2.75) is 70.7 Å². The summed E-state index contributed by atoms with van der Waals surface area (Å²) in [5.74, 6) is 0.581. The average Bonchev–Trinajstić information content (AvgIpc) is 2.90. The van der Waals surface area contributed by atoms with E-state index >= 15 is 0 Å². The fourth-order valence-corrected chi connectivity index (χ4v) is 2.72. The molecule has 1 heterocycles. The molecule has 23 heavy (non-hydrogen) atoms. The third kappa shape index (κ3) is 5.84. The third-order valence-corrected chi connectivity index (χ3v) is 3.93. The van der Waals surface area contributed by atoms with Crippen LogP contribution in [-0.2, 0) is 16.0 Å². The van der Waals surface area contributed by atoms with Gasteiger partial charge in [0.25, 0.3) is 0 Å². The SMILES string of the molecule is COC1CCC(NCc2cn[nH]c2NC(=O)OC(C)(C)C)CC1. The number of rotatable bonds is 5. The highest BCUT2D eigenvalue weighted by atomic mass is 16.6. The number of carbonyl (C=O) groups excluding carboxylic acids is 1. The van der Waals surface area contributed by atoms with Crippen LogP contribution in [0.25, 0.3) is 0 Å². The van der Waals surface area contributed by atoms with Crippen LogP contribution in [0.2, 0.25) is 0 Å². The van der Waals surface area contributed by atoms with Crippen molar-refractivity contribution < 1.29 is 14.3 Å². The van der Waals surface area contributed by atoms with Gasteiger partial charge in [-0.3, -0.25) is 10.4 Å². The Kier molecular flexibility index (Phi) is 6.01. The molecule has 1 saturated carbocycles. The fraction of sp³-hybridized carbons (Fsp3) is 0.750. The largest absolute Gasteiger partial charge is 0.444 e. The lowest BCUT2D eigenvalue weighted by molar-refractivity contribution is 0.0621. The summed E-state index contributed by atoms with van der Waals surface area (Å²) in [6, 6.07) is 0.477. The van der Waals surface area contributed by atoms with Crippen molar-refractivity contribution in [2.75, 3.05) is 12.4 Å². The number of anilines is 1. The summed E-state index contributed by atoms with van der Waals surface area (Å²) in [4.78, 5) is 11.8. The lowest BCUT2D eigenvalue weighted by Gasteiger charge is -2.28. The van der Waals surface area contributed by atoms with Gasteiger partial charge >= 0.3 is 6.09 Å². The summed E-state index contributed by atoms with van der Waals surface area (Å²) in [5.41, 5.74) is 0.396. The maximum Gasteiger partial charge on any atom is 0.413 e. The molecule has 0 spiro atoms. The summed E-state index contributed by atoms with van der Waals surface area (Å²) >= 11 is 0. The minimum absolute atomic E-state index is 0.395. The van der Waals surface area contributed by atoms with Crippen LogP contribution in [0, 0.1) is 0 Å². The number of carbonyl (C=O) groups is 1.